The van der Waals surface area contributed by atoms with Gasteiger partial charge >= 0.3 is 0 Å². The minimum Gasteiger partial charge on any atom is -0.354 e. The molecule has 0 saturated carbocycles. The Balaban J connectivity index is 0.00000841. The Hall–Kier alpha value is -1.40. The molecule has 4 N–H and O–H groups in total. The van der Waals surface area contributed by atoms with Crippen LogP contribution in [-0.4, -0.2) is 51.9 Å². The number of aliphatic imine (C=N–C) groups is 1. The van der Waals surface area contributed by atoms with Gasteiger partial charge in [0.1, 0.15) is 0 Å². The summed E-state index contributed by atoms with van der Waals surface area (Å²) in [5, 5.41) is 11.5. The Bertz CT molecular complexity index is 767. The zero-order chi connectivity index (χ0) is 21.9. The van der Waals surface area contributed by atoms with Crippen molar-refractivity contribution in [3.05, 3.63) is 29.8 Å². The average molecular weight is 554 g/mol. The van der Waals surface area contributed by atoms with Crippen molar-refractivity contribution in [3.63, 3.8) is 0 Å². The third-order valence-corrected chi connectivity index (χ3v) is 5.38. The summed E-state index contributed by atoms with van der Waals surface area (Å²) >= 11 is 0. The molecule has 0 aliphatic carbocycles. The highest BCUT2D eigenvalue weighted by atomic mass is 127. The number of unbranched alkanes of at least 4 members (excludes halogenated alkanes) is 3. The van der Waals surface area contributed by atoms with Crippen molar-refractivity contribution in [1.29, 1.82) is 0 Å². The number of nitrogens with zero attached hydrogens (tertiary/aromatic N) is 2. The van der Waals surface area contributed by atoms with Gasteiger partial charge in [-0.05, 0) is 31.0 Å². The molecule has 172 valence electrons. The first-order chi connectivity index (χ1) is 13.6. The van der Waals surface area contributed by atoms with E-state index in [0.717, 1.165) is 18.4 Å². The summed E-state index contributed by atoms with van der Waals surface area (Å²) in [7, 11) is -0.297. The van der Waals surface area contributed by atoms with Gasteiger partial charge in [-0.2, -0.15) is 0 Å². The molecule has 0 radical (unpaired) electrons. The van der Waals surface area contributed by atoms with Crippen LogP contribution < -0.4 is 15.8 Å². The number of guanidine groups is 1. The molecular weight excluding hydrogens is 517 g/mol. The van der Waals surface area contributed by atoms with Gasteiger partial charge < -0.3 is 15.5 Å². The molecule has 1 amide bonds. The number of sulfonamides is 1. The Kier molecular flexibility index (Phi) is 13.9. The highest BCUT2D eigenvalue weighted by Gasteiger charge is 2.10. The number of hydrogen-bond donors (Lipinski definition) is 3. The molecule has 10 heteroatoms. The van der Waals surface area contributed by atoms with E-state index < -0.39 is 10.0 Å². The summed E-state index contributed by atoms with van der Waals surface area (Å²) in [6.45, 7) is 4.77. The monoisotopic (exact) mass is 553 g/mol. The van der Waals surface area contributed by atoms with Crippen LogP contribution in [0.3, 0.4) is 0 Å². The highest BCUT2D eigenvalue weighted by molar-refractivity contribution is 14.0. The van der Waals surface area contributed by atoms with Crippen LogP contribution in [0.5, 0.6) is 0 Å². The maximum absolute atomic E-state index is 11.9. The van der Waals surface area contributed by atoms with Gasteiger partial charge in [0.2, 0.25) is 15.9 Å². The van der Waals surface area contributed by atoms with Crippen molar-refractivity contribution >= 4 is 45.9 Å². The lowest BCUT2D eigenvalue weighted by Gasteiger charge is -2.19. The topological polar surface area (TPSA) is 117 Å². The van der Waals surface area contributed by atoms with Crippen molar-refractivity contribution in [2.45, 2.75) is 63.4 Å². The Morgan fingerprint density at radius 1 is 1.17 bits per heavy atom. The molecule has 1 rings (SSSR count). The number of carbonyl (C=O) groups excluding carboxylic acids is 1. The molecule has 30 heavy (non-hydrogen) atoms. The second-order valence-corrected chi connectivity index (χ2v) is 8.95. The third-order valence-electron chi connectivity index (χ3n) is 4.45. The summed E-state index contributed by atoms with van der Waals surface area (Å²) in [6, 6.07) is 6.51. The number of carbonyl (C=O) groups is 1. The molecule has 0 aliphatic rings. The molecule has 0 aliphatic heterocycles. The first kappa shape index (κ1) is 28.6. The van der Waals surface area contributed by atoms with Crippen LogP contribution in [0.1, 0.15) is 51.5 Å². The van der Waals surface area contributed by atoms with Crippen LogP contribution in [-0.2, 0) is 21.4 Å². The molecule has 8 nitrogen and oxygen atoms in total. The molecule has 0 fully saturated rings. The van der Waals surface area contributed by atoms with Crippen LogP contribution in [0.2, 0.25) is 0 Å². The van der Waals surface area contributed by atoms with E-state index in [1.807, 2.05) is 0 Å². The number of halogens is 1. The lowest BCUT2D eigenvalue weighted by atomic mass is 10.1. The fourth-order valence-corrected chi connectivity index (χ4v) is 3.12. The van der Waals surface area contributed by atoms with Crippen LogP contribution in [0.25, 0.3) is 0 Å². The standard InChI is InChI=1S/C20H35N5O3S.HI/c1-5-6-7-8-9-16(2)24-20(23-15-19(26)25(3)4)22-14-17-10-12-18(13-11-17)29(21,27)28;/h10-13,16H,5-9,14-15H2,1-4H3,(H2,21,27,28)(H2,22,23,24);1H. The number of hydrogen-bond acceptors (Lipinski definition) is 4. The van der Waals surface area contributed by atoms with E-state index in [4.69, 9.17) is 5.14 Å². The summed E-state index contributed by atoms with van der Waals surface area (Å²) in [4.78, 5) is 18.0. The second kappa shape index (κ2) is 14.6. The van der Waals surface area contributed by atoms with Crippen molar-refractivity contribution in [2.24, 2.45) is 10.1 Å². The van der Waals surface area contributed by atoms with E-state index in [1.54, 1.807) is 26.2 Å². The first-order valence-corrected chi connectivity index (χ1v) is 11.5. The summed E-state index contributed by atoms with van der Waals surface area (Å²) < 4.78 is 22.7. The van der Waals surface area contributed by atoms with Gasteiger partial charge in [-0.25, -0.2) is 18.5 Å². The van der Waals surface area contributed by atoms with Gasteiger partial charge in [-0.15, -0.1) is 24.0 Å². The van der Waals surface area contributed by atoms with Crippen molar-refractivity contribution in [2.75, 3.05) is 20.6 Å². The van der Waals surface area contributed by atoms with Gasteiger partial charge in [-0.1, -0.05) is 44.7 Å². The highest BCUT2D eigenvalue weighted by Crippen LogP contribution is 2.10. The molecule has 1 aromatic rings. The van der Waals surface area contributed by atoms with Crippen LogP contribution in [0, 0.1) is 0 Å². The van der Waals surface area contributed by atoms with Crippen LogP contribution >= 0.6 is 24.0 Å². The van der Waals surface area contributed by atoms with Gasteiger partial charge in [0.25, 0.3) is 0 Å². The Morgan fingerprint density at radius 3 is 2.33 bits per heavy atom. The van der Waals surface area contributed by atoms with Gasteiger partial charge in [0.15, 0.2) is 5.96 Å². The lowest BCUT2D eigenvalue weighted by molar-refractivity contribution is -0.127. The molecule has 1 unspecified atom stereocenters. The Labute approximate surface area is 198 Å². The summed E-state index contributed by atoms with van der Waals surface area (Å²) in [5.74, 6) is 0.506. The zero-order valence-corrected chi connectivity index (χ0v) is 21.5. The lowest BCUT2D eigenvalue weighted by Crippen LogP contribution is -2.46. The molecule has 1 atom stereocenters. The second-order valence-electron chi connectivity index (χ2n) is 7.39. The van der Waals surface area contributed by atoms with Crippen LogP contribution in [0.15, 0.2) is 34.2 Å². The molecule has 0 spiro atoms. The number of benzene rings is 1. The van der Waals surface area contributed by atoms with Crippen molar-refractivity contribution in [3.8, 4) is 0 Å². The normalized spacial score (nSPS) is 12.6. The fourth-order valence-electron chi connectivity index (χ4n) is 2.61. The summed E-state index contributed by atoms with van der Waals surface area (Å²) in [6.07, 6.45) is 5.80. The number of primary sulfonamides is 1. The third kappa shape index (κ3) is 11.7. The smallest absolute Gasteiger partial charge is 0.241 e. The van der Waals surface area contributed by atoms with Gasteiger partial charge in [-0.3, -0.25) is 4.79 Å². The van der Waals surface area contributed by atoms with E-state index in [2.05, 4.69) is 29.5 Å². The SMILES string of the molecule is CCCCCCC(C)NC(=NCc1ccc(S(N)(=O)=O)cc1)NCC(=O)N(C)C.I. The molecule has 0 bridgehead atoms. The van der Waals surface area contributed by atoms with E-state index >= 15 is 0 Å². The zero-order valence-electron chi connectivity index (χ0n) is 18.3. The molecule has 0 heterocycles. The predicted octanol–water partition coefficient (Wildman–Crippen LogP) is 2.43. The number of nitrogens with one attached hydrogen (secondary N) is 2. The molecular formula is C20H36IN5O3S. The number of likely N-dealkylation sites (N-methyl/N-ethyl adjacent to an activating group) is 1. The molecule has 1 aromatic carbocycles. The predicted molar refractivity (Wildman–Crippen MR) is 132 cm³/mol. The maximum atomic E-state index is 11.9. The van der Waals surface area contributed by atoms with Gasteiger partial charge in [0, 0.05) is 20.1 Å². The maximum Gasteiger partial charge on any atom is 0.241 e. The Morgan fingerprint density at radius 2 is 1.80 bits per heavy atom. The molecule has 0 saturated heterocycles. The number of rotatable bonds is 11. The first-order valence-electron chi connectivity index (χ1n) is 10.00. The average Bonchev–Trinajstić information content (AvgIpc) is 2.66. The minimum atomic E-state index is -3.71. The molecule has 0 aromatic heterocycles. The van der Waals surface area contributed by atoms with E-state index in [0.29, 0.717) is 12.5 Å². The minimum absolute atomic E-state index is 0. The van der Waals surface area contributed by atoms with E-state index in [1.165, 1.54) is 36.3 Å². The van der Waals surface area contributed by atoms with Gasteiger partial charge in [0.05, 0.1) is 18.0 Å². The number of nitrogens with two attached hydrogens (primary N) is 1. The van der Waals surface area contributed by atoms with Crippen LogP contribution in [0.4, 0.5) is 0 Å². The summed E-state index contributed by atoms with van der Waals surface area (Å²) in [5.41, 5.74) is 0.841. The van der Waals surface area contributed by atoms with Crippen molar-refractivity contribution < 1.29 is 13.2 Å². The van der Waals surface area contributed by atoms with E-state index in [-0.39, 0.29) is 47.4 Å². The fraction of sp³-hybridized carbons (Fsp3) is 0.600. The number of amides is 1. The van der Waals surface area contributed by atoms with Crippen molar-refractivity contribution in [1.82, 2.24) is 15.5 Å². The largest absolute Gasteiger partial charge is 0.354 e. The quantitative estimate of drug-likeness (QED) is 0.169. The van der Waals surface area contributed by atoms with E-state index in [9.17, 15) is 13.2 Å².